The minimum Gasteiger partial charge on any atom is -0.369 e. The van der Waals surface area contributed by atoms with Crippen molar-refractivity contribution in [3.63, 3.8) is 0 Å². The summed E-state index contributed by atoms with van der Waals surface area (Å²) in [6.07, 6.45) is 1.01. The molecule has 0 spiro atoms. The molecule has 0 saturated heterocycles. The van der Waals surface area contributed by atoms with Crippen LogP contribution in [0.3, 0.4) is 0 Å². The van der Waals surface area contributed by atoms with Crippen LogP contribution in [0, 0.1) is 5.82 Å². The second-order valence-electron chi connectivity index (χ2n) is 6.13. The molecule has 0 fully saturated rings. The molecule has 0 atom stereocenters. The summed E-state index contributed by atoms with van der Waals surface area (Å²) in [5.74, 6) is 0.926. The predicted molar refractivity (Wildman–Crippen MR) is 101 cm³/mol. The van der Waals surface area contributed by atoms with Gasteiger partial charge in [-0.3, -0.25) is 0 Å². The van der Waals surface area contributed by atoms with Gasteiger partial charge in [-0.25, -0.2) is 9.37 Å². The minimum absolute atomic E-state index is 0.298. The summed E-state index contributed by atoms with van der Waals surface area (Å²) in [4.78, 5) is 11.2. The number of rotatable bonds is 7. The number of aromatic nitrogens is 2. The molecule has 1 heterocycles. The van der Waals surface area contributed by atoms with Crippen LogP contribution in [-0.4, -0.2) is 42.1 Å². The maximum absolute atomic E-state index is 13.4. The van der Waals surface area contributed by atoms with Crippen LogP contribution >= 0.6 is 0 Å². The van der Waals surface area contributed by atoms with Crippen molar-refractivity contribution in [2.24, 2.45) is 0 Å². The van der Waals surface area contributed by atoms with E-state index in [2.05, 4.69) is 39.6 Å². The molecule has 25 heavy (non-hydrogen) atoms. The lowest BCUT2D eigenvalue weighted by Gasteiger charge is -2.13. The van der Waals surface area contributed by atoms with Gasteiger partial charge in [0.15, 0.2) is 0 Å². The third-order valence-corrected chi connectivity index (χ3v) is 3.76. The van der Waals surface area contributed by atoms with E-state index in [4.69, 9.17) is 0 Å². The Balaban J connectivity index is 1.84. The van der Waals surface area contributed by atoms with E-state index in [1.165, 1.54) is 12.1 Å². The van der Waals surface area contributed by atoms with E-state index in [1.807, 2.05) is 24.3 Å². The number of halogens is 1. The first-order valence-electron chi connectivity index (χ1n) is 8.30. The van der Waals surface area contributed by atoms with Gasteiger partial charge in [0, 0.05) is 17.6 Å². The highest BCUT2D eigenvalue weighted by Crippen LogP contribution is 2.23. The van der Waals surface area contributed by atoms with Crippen molar-refractivity contribution >= 4 is 28.4 Å². The molecule has 0 aliphatic carbocycles. The van der Waals surface area contributed by atoms with E-state index in [9.17, 15) is 4.39 Å². The van der Waals surface area contributed by atoms with Gasteiger partial charge in [-0.05, 0) is 57.4 Å². The molecule has 0 bridgehead atoms. The van der Waals surface area contributed by atoms with Crippen molar-refractivity contribution in [1.29, 1.82) is 0 Å². The third kappa shape index (κ3) is 4.64. The Bertz CT molecular complexity index is 850. The molecule has 130 valence electrons. The van der Waals surface area contributed by atoms with Crippen molar-refractivity contribution in [2.45, 2.75) is 6.42 Å². The van der Waals surface area contributed by atoms with Gasteiger partial charge >= 0.3 is 0 Å². The molecule has 3 aromatic rings. The molecule has 0 unspecified atom stereocenters. The highest BCUT2D eigenvalue weighted by molar-refractivity contribution is 5.90. The van der Waals surface area contributed by atoms with Crippen molar-refractivity contribution < 1.29 is 4.39 Å². The Morgan fingerprint density at radius 2 is 1.88 bits per heavy atom. The SMILES string of the molecule is CN(C)CCCNc1nc(Nc2cccc(F)c2)nc2ccccc12. The van der Waals surface area contributed by atoms with E-state index in [0.717, 1.165) is 36.2 Å². The summed E-state index contributed by atoms with van der Waals surface area (Å²) < 4.78 is 13.4. The van der Waals surface area contributed by atoms with Crippen molar-refractivity contribution in [3.8, 4) is 0 Å². The largest absolute Gasteiger partial charge is 0.369 e. The lowest BCUT2D eigenvalue weighted by Crippen LogP contribution is -2.17. The Morgan fingerprint density at radius 1 is 1.04 bits per heavy atom. The van der Waals surface area contributed by atoms with Gasteiger partial charge in [0.2, 0.25) is 5.95 Å². The molecule has 0 saturated carbocycles. The first-order chi connectivity index (χ1) is 12.1. The van der Waals surface area contributed by atoms with Crippen molar-refractivity contribution in [2.75, 3.05) is 37.8 Å². The maximum Gasteiger partial charge on any atom is 0.229 e. The number of nitrogens with one attached hydrogen (secondary N) is 2. The highest BCUT2D eigenvalue weighted by atomic mass is 19.1. The molecule has 5 nitrogen and oxygen atoms in total. The van der Waals surface area contributed by atoms with E-state index < -0.39 is 0 Å². The number of nitrogens with zero attached hydrogens (tertiary/aromatic N) is 3. The van der Waals surface area contributed by atoms with Gasteiger partial charge in [0.05, 0.1) is 5.52 Å². The molecule has 0 aliphatic rings. The quantitative estimate of drug-likeness (QED) is 0.640. The lowest BCUT2D eigenvalue weighted by atomic mass is 10.2. The second kappa shape index (κ2) is 7.90. The number of para-hydroxylation sites is 1. The van der Waals surface area contributed by atoms with Crippen LogP contribution in [0.2, 0.25) is 0 Å². The number of hydrogen-bond acceptors (Lipinski definition) is 5. The van der Waals surface area contributed by atoms with Gasteiger partial charge in [-0.2, -0.15) is 4.98 Å². The number of fused-ring (bicyclic) bond motifs is 1. The molecule has 6 heteroatoms. The molecule has 2 N–H and O–H groups in total. The zero-order valence-electron chi connectivity index (χ0n) is 14.5. The van der Waals surface area contributed by atoms with E-state index in [1.54, 1.807) is 12.1 Å². The molecule has 0 amide bonds. The molecule has 0 radical (unpaired) electrons. The van der Waals surface area contributed by atoms with Crippen LogP contribution in [0.1, 0.15) is 6.42 Å². The Morgan fingerprint density at radius 3 is 2.68 bits per heavy atom. The van der Waals surface area contributed by atoms with Gasteiger partial charge in [0.25, 0.3) is 0 Å². The first-order valence-corrected chi connectivity index (χ1v) is 8.30. The fraction of sp³-hybridized carbons (Fsp3) is 0.263. The number of anilines is 3. The first kappa shape index (κ1) is 17.1. The molecule has 2 aromatic carbocycles. The summed E-state index contributed by atoms with van der Waals surface area (Å²) in [6.45, 7) is 1.82. The van der Waals surface area contributed by atoms with Crippen LogP contribution in [0.25, 0.3) is 10.9 Å². The van der Waals surface area contributed by atoms with Gasteiger partial charge < -0.3 is 15.5 Å². The van der Waals surface area contributed by atoms with Gasteiger partial charge in [-0.15, -0.1) is 0 Å². The fourth-order valence-corrected chi connectivity index (χ4v) is 2.56. The third-order valence-electron chi connectivity index (χ3n) is 3.76. The topological polar surface area (TPSA) is 53.1 Å². The summed E-state index contributed by atoms with van der Waals surface area (Å²) >= 11 is 0. The smallest absolute Gasteiger partial charge is 0.229 e. The van der Waals surface area contributed by atoms with Crippen LogP contribution in [0.4, 0.5) is 21.8 Å². The van der Waals surface area contributed by atoms with Gasteiger partial charge in [-0.1, -0.05) is 18.2 Å². The number of hydrogen-bond donors (Lipinski definition) is 2. The fourth-order valence-electron chi connectivity index (χ4n) is 2.56. The van der Waals surface area contributed by atoms with Crippen molar-refractivity contribution in [1.82, 2.24) is 14.9 Å². The van der Waals surface area contributed by atoms with E-state index in [-0.39, 0.29) is 5.82 Å². The zero-order valence-corrected chi connectivity index (χ0v) is 14.5. The average molecular weight is 339 g/mol. The van der Waals surface area contributed by atoms with Crippen molar-refractivity contribution in [3.05, 3.63) is 54.3 Å². The van der Waals surface area contributed by atoms with E-state index in [0.29, 0.717) is 11.6 Å². The zero-order chi connectivity index (χ0) is 17.6. The normalized spacial score (nSPS) is 11.0. The predicted octanol–water partition coefficient (Wildman–Crippen LogP) is 3.88. The Hall–Kier alpha value is -2.73. The molecule has 0 aliphatic heterocycles. The Labute approximate surface area is 146 Å². The number of benzene rings is 2. The molecule has 3 rings (SSSR count). The summed E-state index contributed by atoms with van der Waals surface area (Å²) in [6, 6.07) is 14.1. The van der Waals surface area contributed by atoms with Crippen LogP contribution in [0.15, 0.2) is 48.5 Å². The summed E-state index contributed by atoms with van der Waals surface area (Å²) in [5, 5.41) is 7.43. The molecule has 1 aromatic heterocycles. The van der Waals surface area contributed by atoms with Gasteiger partial charge in [0.1, 0.15) is 11.6 Å². The van der Waals surface area contributed by atoms with E-state index >= 15 is 0 Å². The summed E-state index contributed by atoms with van der Waals surface area (Å²) in [7, 11) is 4.11. The molecular weight excluding hydrogens is 317 g/mol. The monoisotopic (exact) mass is 339 g/mol. The van der Waals surface area contributed by atoms with Crippen LogP contribution < -0.4 is 10.6 Å². The average Bonchev–Trinajstić information content (AvgIpc) is 2.58. The van der Waals surface area contributed by atoms with Crippen LogP contribution in [0.5, 0.6) is 0 Å². The minimum atomic E-state index is -0.298. The maximum atomic E-state index is 13.4. The lowest BCUT2D eigenvalue weighted by molar-refractivity contribution is 0.405. The highest BCUT2D eigenvalue weighted by Gasteiger charge is 2.08. The standard InChI is InChI=1S/C19H22FN5/c1-25(2)12-6-11-21-18-16-9-3-4-10-17(16)23-19(24-18)22-15-8-5-7-14(20)13-15/h3-5,7-10,13H,6,11-12H2,1-2H3,(H2,21,22,23,24). The second-order valence-corrected chi connectivity index (χ2v) is 6.13. The summed E-state index contributed by atoms with van der Waals surface area (Å²) in [5.41, 5.74) is 1.46. The Kier molecular flexibility index (Phi) is 5.40. The van der Waals surface area contributed by atoms with Crippen LogP contribution in [-0.2, 0) is 0 Å². The molecular formula is C19H22FN5.